The van der Waals surface area contributed by atoms with Crippen LogP contribution in [0.1, 0.15) is 17.5 Å². The summed E-state index contributed by atoms with van der Waals surface area (Å²) in [5.41, 5.74) is 4.55. The van der Waals surface area contributed by atoms with E-state index in [1.165, 1.54) is 46.1 Å². The first-order chi connectivity index (χ1) is 22.4. The first-order valence-corrected chi connectivity index (χ1v) is 15.9. The van der Waals surface area contributed by atoms with E-state index in [0.717, 1.165) is 25.1 Å². The van der Waals surface area contributed by atoms with Gasteiger partial charge in [0.25, 0.3) is 0 Å². The van der Waals surface area contributed by atoms with Gasteiger partial charge in [0.1, 0.15) is 41.5 Å². The highest BCUT2D eigenvalue weighted by molar-refractivity contribution is 7.17. The zero-order valence-electron chi connectivity index (χ0n) is 25.0. The lowest BCUT2D eigenvalue weighted by Crippen LogP contribution is -2.34. The average molecular weight is 650 g/mol. The molecule has 1 atom stereocenters. The van der Waals surface area contributed by atoms with E-state index in [4.69, 9.17) is 14.2 Å². The number of benzene rings is 2. The largest absolute Gasteiger partial charge is 0.490 e. The van der Waals surface area contributed by atoms with Crippen molar-refractivity contribution in [2.24, 2.45) is 0 Å². The molecule has 0 bridgehead atoms. The lowest BCUT2D eigenvalue weighted by molar-refractivity contribution is -0.125. The van der Waals surface area contributed by atoms with Crippen LogP contribution >= 0.6 is 11.3 Å². The molecule has 0 aliphatic carbocycles. The van der Waals surface area contributed by atoms with E-state index in [2.05, 4.69) is 33.5 Å². The minimum Gasteiger partial charge on any atom is -0.490 e. The van der Waals surface area contributed by atoms with Crippen LogP contribution < -0.4 is 15.4 Å². The van der Waals surface area contributed by atoms with Crippen molar-refractivity contribution in [2.75, 3.05) is 46.0 Å². The van der Waals surface area contributed by atoms with Gasteiger partial charge in [0.15, 0.2) is 0 Å². The van der Waals surface area contributed by atoms with E-state index in [1.807, 2.05) is 12.1 Å². The Morgan fingerprint density at radius 1 is 1.11 bits per heavy atom. The highest BCUT2D eigenvalue weighted by atomic mass is 32.1. The molecule has 1 saturated heterocycles. The molecule has 46 heavy (non-hydrogen) atoms. The molecule has 0 saturated carbocycles. The molecule has 10 nitrogen and oxygen atoms in total. The third kappa shape index (κ3) is 7.01. The number of nitrogens with one attached hydrogen (secondary N) is 2. The van der Waals surface area contributed by atoms with Gasteiger partial charge >= 0.3 is 6.09 Å². The summed E-state index contributed by atoms with van der Waals surface area (Å²) in [4.78, 5) is 25.3. The number of aromatic nitrogens is 2. The SMILES string of the molecule is C=CC(=O)N1CC[C@H](OC(=O)NCCOCCOc2cc(F)ccc2-c2nnc(-c3ccc4c(c3)CCNC4)c3c(F)csc23)C1. The van der Waals surface area contributed by atoms with Crippen molar-refractivity contribution < 1.29 is 32.6 Å². The van der Waals surface area contributed by atoms with Gasteiger partial charge in [-0.15, -0.1) is 21.5 Å². The second-order valence-corrected chi connectivity index (χ2v) is 11.8. The fourth-order valence-corrected chi connectivity index (χ4v) is 6.54. The second-order valence-electron chi connectivity index (χ2n) is 10.9. The number of carbonyl (C=O) groups is 2. The van der Waals surface area contributed by atoms with Crippen molar-refractivity contribution in [3.8, 4) is 28.3 Å². The number of halogens is 2. The van der Waals surface area contributed by atoms with Crippen LogP contribution in [-0.2, 0) is 27.2 Å². The molecule has 1 fully saturated rings. The second kappa shape index (κ2) is 14.3. The van der Waals surface area contributed by atoms with Crippen LogP contribution in [-0.4, -0.2) is 79.2 Å². The Balaban J connectivity index is 1.06. The van der Waals surface area contributed by atoms with Crippen LogP contribution in [0, 0.1) is 11.6 Å². The van der Waals surface area contributed by atoms with Gasteiger partial charge in [-0.25, -0.2) is 13.6 Å². The number of thiophene rings is 1. The topological polar surface area (TPSA) is 115 Å². The minimum atomic E-state index is -0.588. The molecule has 13 heteroatoms. The Morgan fingerprint density at radius 2 is 1.98 bits per heavy atom. The minimum absolute atomic E-state index is 0.0909. The monoisotopic (exact) mass is 649 g/mol. The van der Waals surface area contributed by atoms with Crippen LogP contribution in [0.25, 0.3) is 32.6 Å². The Hall–Kier alpha value is -4.46. The van der Waals surface area contributed by atoms with Crippen LogP contribution in [0.2, 0.25) is 0 Å². The zero-order valence-corrected chi connectivity index (χ0v) is 25.8. The number of carbonyl (C=O) groups excluding carboxylic acids is 2. The van der Waals surface area contributed by atoms with Gasteiger partial charge in [-0.3, -0.25) is 4.79 Å². The third-order valence-corrected chi connectivity index (χ3v) is 8.88. The van der Waals surface area contributed by atoms with Gasteiger partial charge in [-0.1, -0.05) is 18.7 Å². The van der Waals surface area contributed by atoms with Crippen molar-refractivity contribution in [1.29, 1.82) is 0 Å². The predicted molar refractivity (Wildman–Crippen MR) is 170 cm³/mol. The Labute approximate surface area is 268 Å². The van der Waals surface area contributed by atoms with Gasteiger partial charge in [0.05, 0.1) is 29.8 Å². The lowest BCUT2D eigenvalue weighted by atomic mass is 9.96. The zero-order chi connectivity index (χ0) is 32.0. The molecule has 2 N–H and O–H groups in total. The molecule has 2 aromatic carbocycles. The number of fused-ring (bicyclic) bond motifs is 2. The molecular formula is C33H33F2N5O5S. The normalized spacial score (nSPS) is 15.9. The smallest absolute Gasteiger partial charge is 0.407 e. The van der Waals surface area contributed by atoms with Gasteiger partial charge < -0.3 is 29.7 Å². The molecule has 0 spiro atoms. The van der Waals surface area contributed by atoms with E-state index >= 15 is 4.39 Å². The van der Waals surface area contributed by atoms with Crippen molar-refractivity contribution in [3.63, 3.8) is 0 Å². The Morgan fingerprint density at radius 3 is 2.85 bits per heavy atom. The number of rotatable bonds is 11. The summed E-state index contributed by atoms with van der Waals surface area (Å²) in [6, 6.07) is 10.1. The molecule has 0 unspecified atom stereocenters. The summed E-state index contributed by atoms with van der Waals surface area (Å²) in [6.07, 6.45) is 1.73. The van der Waals surface area contributed by atoms with Crippen molar-refractivity contribution in [1.82, 2.24) is 25.7 Å². The third-order valence-electron chi connectivity index (χ3n) is 7.92. The van der Waals surface area contributed by atoms with Crippen LogP contribution in [0.15, 0.2) is 54.4 Å². The number of hydrogen-bond donors (Lipinski definition) is 2. The molecular weight excluding hydrogens is 616 g/mol. The van der Waals surface area contributed by atoms with E-state index in [-0.39, 0.29) is 44.1 Å². The summed E-state index contributed by atoms with van der Waals surface area (Å²) in [5.74, 6) is -0.854. The van der Waals surface area contributed by atoms with Gasteiger partial charge in [-0.2, -0.15) is 0 Å². The number of hydrogen-bond acceptors (Lipinski definition) is 9. The van der Waals surface area contributed by atoms with Crippen molar-refractivity contribution in [3.05, 3.63) is 77.2 Å². The lowest BCUT2D eigenvalue weighted by Gasteiger charge is -2.18. The van der Waals surface area contributed by atoms with Gasteiger partial charge in [-0.05, 0) is 48.4 Å². The first kappa shape index (κ1) is 31.5. The molecule has 2 aromatic heterocycles. The highest BCUT2D eigenvalue weighted by Crippen LogP contribution is 2.41. The maximum absolute atomic E-state index is 15.2. The van der Waals surface area contributed by atoms with Crippen LogP contribution in [0.5, 0.6) is 5.75 Å². The fraction of sp³-hybridized carbons (Fsp3) is 0.333. The number of likely N-dealkylation sites (tertiary alicyclic amines) is 1. The molecule has 2 amide bonds. The van der Waals surface area contributed by atoms with Crippen LogP contribution in [0.3, 0.4) is 0 Å². The van der Waals surface area contributed by atoms with E-state index < -0.39 is 17.7 Å². The van der Waals surface area contributed by atoms with E-state index in [1.54, 1.807) is 11.0 Å². The Bertz CT molecular complexity index is 1770. The summed E-state index contributed by atoms with van der Waals surface area (Å²) in [6.45, 7) is 6.65. The van der Waals surface area contributed by atoms with Crippen LogP contribution in [0.4, 0.5) is 13.6 Å². The maximum atomic E-state index is 15.2. The fourth-order valence-electron chi connectivity index (χ4n) is 5.63. The molecule has 2 aliphatic heterocycles. The number of alkyl carbamates (subject to hydrolysis) is 1. The van der Waals surface area contributed by atoms with Crippen molar-refractivity contribution in [2.45, 2.75) is 25.5 Å². The molecule has 4 aromatic rings. The maximum Gasteiger partial charge on any atom is 0.407 e. The molecule has 0 radical (unpaired) electrons. The standard InChI is InChI=1S/C33H33F2N5O5S/c1-2-28(41)40-11-8-24(18-40)45-33(42)37-10-12-43-13-14-44-27-16-23(34)5-6-25(27)31-32-29(26(35)19-46-32)30(38-39-31)21-3-4-22-17-36-9-7-20(22)15-21/h2-6,15-16,19,24,36H,1,7-14,17-18H2,(H,37,42)/t24-/m0/s1. The van der Waals surface area contributed by atoms with E-state index in [0.29, 0.717) is 46.5 Å². The summed E-state index contributed by atoms with van der Waals surface area (Å²) >= 11 is 1.21. The molecule has 2 aliphatic rings. The van der Waals surface area contributed by atoms with Gasteiger partial charge in [0.2, 0.25) is 5.91 Å². The van der Waals surface area contributed by atoms with Gasteiger partial charge in [0, 0.05) is 48.6 Å². The molecule has 4 heterocycles. The Kier molecular flexibility index (Phi) is 9.81. The molecule has 6 rings (SSSR count). The molecule has 240 valence electrons. The summed E-state index contributed by atoms with van der Waals surface area (Å²) in [7, 11) is 0. The quantitative estimate of drug-likeness (QED) is 0.175. The predicted octanol–water partition coefficient (Wildman–Crippen LogP) is 4.86. The first-order valence-electron chi connectivity index (χ1n) is 15.0. The van der Waals surface area contributed by atoms with Crippen molar-refractivity contribution >= 4 is 33.4 Å². The highest BCUT2D eigenvalue weighted by Gasteiger charge is 2.27. The van der Waals surface area contributed by atoms with E-state index in [9.17, 15) is 14.0 Å². The summed E-state index contributed by atoms with van der Waals surface area (Å²) in [5, 5.41) is 16.7. The number of nitrogens with zero attached hydrogens (tertiary/aromatic N) is 3. The summed E-state index contributed by atoms with van der Waals surface area (Å²) < 4.78 is 46.9. The number of ether oxygens (including phenoxy) is 3. The average Bonchev–Trinajstić information content (AvgIpc) is 3.70. The number of amides is 2.